The number of aliphatic hydroxyl groups excluding tert-OH is 3. The summed E-state index contributed by atoms with van der Waals surface area (Å²) in [5.41, 5.74) is 0. The van der Waals surface area contributed by atoms with Crippen LogP contribution in [-0.2, 0) is 4.74 Å². The van der Waals surface area contributed by atoms with Crippen molar-refractivity contribution in [2.75, 3.05) is 27.2 Å². The molecule has 5 heteroatoms. The Hall–Kier alpha value is -0.200. The molecule has 1 heterocycles. The summed E-state index contributed by atoms with van der Waals surface area (Å²) >= 11 is 0. The van der Waals surface area contributed by atoms with Crippen molar-refractivity contribution < 1.29 is 20.1 Å². The first kappa shape index (κ1) is 10.9. The van der Waals surface area contributed by atoms with Gasteiger partial charge in [0.25, 0.3) is 0 Å². The number of ether oxygens (including phenoxy) is 1. The van der Waals surface area contributed by atoms with Gasteiger partial charge in [0, 0.05) is 6.54 Å². The zero-order chi connectivity index (χ0) is 10.0. The molecule has 0 amide bonds. The molecule has 0 aromatic heterocycles. The minimum atomic E-state index is -0.977. The van der Waals surface area contributed by atoms with Crippen molar-refractivity contribution in [1.82, 2.24) is 4.90 Å². The SMILES string of the molecule is CN(C)C[C@H]1O[C@@H](CO)[C@@H](O)[C@@H]1O. The molecule has 0 spiro atoms. The van der Waals surface area contributed by atoms with E-state index in [-0.39, 0.29) is 6.61 Å². The fourth-order valence-corrected chi connectivity index (χ4v) is 1.49. The second kappa shape index (κ2) is 4.34. The average Bonchev–Trinajstić information content (AvgIpc) is 2.32. The number of hydrogen-bond donors (Lipinski definition) is 3. The Morgan fingerprint density at radius 2 is 1.69 bits per heavy atom. The van der Waals surface area contributed by atoms with Crippen LogP contribution in [0.15, 0.2) is 0 Å². The molecule has 5 nitrogen and oxygen atoms in total. The molecular weight excluding hydrogens is 174 g/mol. The number of nitrogens with zero attached hydrogens (tertiary/aromatic N) is 1. The third-order valence-corrected chi connectivity index (χ3v) is 2.19. The van der Waals surface area contributed by atoms with Crippen molar-refractivity contribution in [3.8, 4) is 0 Å². The van der Waals surface area contributed by atoms with Gasteiger partial charge in [-0.3, -0.25) is 0 Å². The van der Waals surface area contributed by atoms with E-state index in [1.54, 1.807) is 0 Å². The molecule has 1 fully saturated rings. The van der Waals surface area contributed by atoms with Gasteiger partial charge < -0.3 is 25.0 Å². The van der Waals surface area contributed by atoms with Crippen molar-refractivity contribution in [1.29, 1.82) is 0 Å². The predicted molar refractivity (Wildman–Crippen MR) is 46.3 cm³/mol. The van der Waals surface area contributed by atoms with E-state index >= 15 is 0 Å². The van der Waals surface area contributed by atoms with Crippen molar-refractivity contribution in [2.45, 2.75) is 24.4 Å². The molecule has 4 atom stereocenters. The number of likely N-dealkylation sites (N-methyl/N-ethyl adjacent to an activating group) is 1. The Morgan fingerprint density at radius 3 is 2.08 bits per heavy atom. The lowest BCUT2D eigenvalue weighted by molar-refractivity contribution is -0.0280. The maximum Gasteiger partial charge on any atom is 0.111 e. The van der Waals surface area contributed by atoms with E-state index in [0.29, 0.717) is 6.54 Å². The van der Waals surface area contributed by atoms with Gasteiger partial charge in [0.15, 0.2) is 0 Å². The van der Waals surface area contributed by atoms with Crippen LogP contribution in [0.4, 0.5) is 0 Å². The molecule has 0 aliphatic carbocycles. The van der Waals surface area contributed by atoms with E-state index in [4.69, 9.17) is 9.84 Å². The summed E-state index contributed by atoms with van der Waals surface area (Å²) in [4.78, 5) is 1.86. The molecule has 1 aliphatic rings. The van der Waals surface area contributed by atoms with Crippen LogP contribution in [0.5, 0.6) is 0 Å². The number of hydrogen-bond acceptors (Lipinski definition) is 5. The van der Waals surface area contributed by atoms with Crippen molar-refractivity contribution >= 4 is 0 Å². The van der Waals surface area contributed by atoms with E-state index in [0.717, 1.165) is 0 Å². The molecule has 0 aromatic carbocycles. The van der Waals surface area contributed by atoms with Gasteiger partial charge in [0.2, 0.25) is 0 Å². The average molecular weight is 191 g/mol. The van der Waals surface area contributed by atoms with Gasteiger partial charge in [-0.05, 0) is 14.1 Å². The molecule has 0 saturated carbocycles. The highest BCUT2D eigenvalue weighted by Crippen LogP contribution is 2.21. The molecular formula is C8H17NO4. The summed E-state index contributed by atoms with van der Waals surface area (Å²) in [6.45, 7) is 0.275. The summed E-state index contributed by atoms with van der Waals surface area (Å²) in [7, 11) is 3.71. The van der Waals surface area contributed by atoms with Crippen LogP contribution < -0.4 is 0 Å². The number of aliphatic hydroxyl groups is 3. The molecule has 3 N–H and O–H groups in total. The van der Waals surface area contributed by atoms with Crippen molar-refractivity contribution in [2.24, 2.45) is 0 Å². The maximum atomic E-state index is 9.50. The highest BCUT2D eigenvalue weighted by molar-refractivity contribution is 4.91. The standard InChI is InChI=1S/C8H17NO4/c1-9(2)3-5-7(11)8(12)6(4-10)13-5/h5-8,10-12H,3-4H2,1-2H3/t5-,6+,7-,8-/m1/s1. The largest absolute Gasteiger partial charge is 0.394 e. The van der Waals surface area contributed by atoms with Crippen LogP contribution >= 0.6 is 0 Å². The highest BCUT2D eigenvalue weighted by atomic mass is 16.6. The van der Waals surface area contributed by atoms with Gasteiger partial charge in [-0.25, -0.2) is 0 Å². The zero-order valence-corrected chi connectivity index (χ0v) is 7.92. The lowest BCUT2D eigenvalue weighted by atomic mass is 10.1. The third-order valence-electron chi connectivity index (χ3n) is 2.19. The molecule has 78 valence electrons. The summed E-state index contributed by atoms with van der Waals surface area (Å²) in [6.07, 6.45) is -2.95. The smallest absolute Gasteiger partial charge is 0.111 e. The lowest BCUT2D eigenvalue weighted by Crippen LogP contribution is -2.37. The summed E-state index contributed by atoms with van der Waals surface area (Å²) in [5, 5.41) is 27.7. The van der Waals surface area contributed by atoms with Gasteiger partial charge >= 0.3 is 0 Å². The Balaban J connectivity index is 2.50. The van der Waals surface area contributed by atoms with Gasteiger partial charge in [-0.1, -0.05) is 0 Å². The van der Waals surface area contributed by atoms with Gasteiger partial charge in [-0.15, -0.1) is 0 Å². The summed E-state index contributed by atoms with van der Waals surface area (Å²) in [5.74, 6) is 0. The molecule has 1 saturated heterocycles. The molecule has 0 radical (unpaired) electrons. The normalized spacial score (nSPS) is 40.2. The van der Waals surface area contributed by atoms with Crippen LogP contribution in [0.1, 0.15) is 0 Å². The first-order chi connectivity index (χ1) is 6.06. The quantitative estimate of drug-likeness (QED) is 0.482. The zero-order valence-electron chi connectivity index (χ0n) is 7.92. The molecule has 1 rings (SSSR count). The molecule has 1 aliphatic heterocycles. The second-order valence-electron chi connectivity index (χ2n) is 3.64. The minimum Gasteiger partial charge on any atom is -0.394 e. The Morgan fingerprint density at radius 1 is 1.15 bits per heavy atom. The first-order valence-electron chi connectivity index (χ1n) is 4.33. The fraction of sp³-hybridized carbons (Fsp3) is 1.00. The predicted octanol–water partition coefficient (Wildman–Crippen LogP) is -1.97. The summed E-state index contributed by atoms with van der Waals surface area (Å²) in [6, 6.07) is 0. The molecule has 0 unspecified atom stereocenters. The Kier molecular flexibility index (Phi) is 3.63. The van der Waals surface area contributed by atoms with E-state index < -0.39 is 24.4 Å². The van der Waals surface area contributed by atoms with Crippen LogP contribution in [0.3, 0.4) is 0 Å². The van der Waals surface area contributed by atoms with Crippen LogP contribution in [0.2, 0.25) is 0 Å². The number of rotatable bonds is 3. The van der Waals surface area contributed by atoms with E-state index in [2.05, 4.69) is 0 Å². The topological polar surface area (TPSA) is 73.2 Å². The van der Waals surface area contributed by atoms with E-state index in [1.165, 1.54) is 0 Å². The van der Waals surface area contributed by atoms with Crippen LogP contribution in [0, 0.1) is 0 Å². The maximum absolute atomic E-state index is 9.50. The van der Waals surface area contributed by atoms with Crippen LogP contribution in [0.25, 0.3) is 0 Å². The molecule has 13 heavy (non-hydrogen) atoms. The molecule has 0 aromatic rings. The Bertz CT molecular complexity index is 164. The van der Waals surface area contributed by atoms with Gasteiger partial charge in [0.1, 0.15) is 18.3 Å². The lowest BCUT2D eigenvalue weighted by Gasteiger charge is -2.18. The van der Waals surface area contributed by atoms with Gasteiger partial charge in [0.05, 0.1) is 12.7 Å². The van der Waals surface area contributed by atoms with Crippen molar-refractivity contribution in [3.63, 3.8) is 0 Å². The highest BCUT2D eigenvalue weighted by Gasteiger charge is 2.42. The second-order valence-corrected chi connectivity index (χ2v) is 3.64. The van der Waals surface area contributed by atoms with E-state index in [9.17, 15) is 10.2 Å². The minimum absolute atomic E-state index is 0.262. The third kappa shape index (κ3) is 2.38. The first-order valence-corrected chi connectivity index (χ1v) is 4.33. The van der Waals surface area contributed by atoms with Crippen LogP contribution in [-0.4, -0.2) is 71.9 Å². The summed E-state index contributed by atoms with van der Waals surface area (Å²) < 4.78 is 5.25. The van der Waals surface area contributed by atoms with Gasteiger partial charge in [-0.2, -0.15) is 0 Å². The monoisotopic (exact) mass is 191 g/mol. The molecule has 0 bridgehead atoms. The van der Waals surface area contributed by atoms with Crippen molar-refractivity contribution in [3.05, 3.63) is 0 Å². The van der Waals surface area contributed by atoms with E-state index in [1.807, 2.05) is 19.0 Å². The Labute approximate surface area is 77.5 Å². The fourth-order valence-electron chi connectivity index (χ4n) is 1.49.